The maximum Gasteiger partial charge on any atom is 0.275 e. The van der Waals surface area contributed by atoms with Gasteiger partial charge in [-0.2, -0.15) is 0 Å². The summed E-state index contributed by atoms with van der Waals surface area (Å²) in [6.07, 6.45) is 1.63. The van der Waals surface area contributed by atoms with Crippen LogP contribution in [-0.2, 0) is 13.2 Å². The molecule has 20 heavy (non-hydrogen) atoms. The van der Waals surface area contributed by atoms with E-state index in [1.54, 1.807) is 18.4 Å². The molecule has 0 aliphatic heterocycles. The molecule has 0 aliphatic rings. The van der Waals surface area contributed by atoms with E-state index in [-0.39, 0.29) is 12.3 Å². The zero-order valence-corrected chi connectivity index (χ0v) is 11.4. The van der Waals surface area contributed by atoms with Crippen molar-refractivity contribution in [2.24, 2.45) is 0 Å². The number of anilines is 1. The first-order chi connectivity index (χ1) is 9.52. The summed E-state index contributed by atoms with van der Waals surface area (Å²) >= 11 is 0. The molecule has 0 saturated carbocycles. The van der Waals surface area contributed by atoms with Crippen LogP contribution in [0.4, 0.5) is 11.4 Å². The van der Waals surface area contributed by atoms with Crippen LogP contribution in [0.1, 0.15) is 16.9 Å². The Bertz CT molecular complexity index is 621. The number of nitrogens with zero attached hydrogens (tertiary/aromatic N) is 2. The zero-order chi connectivity index (χ0) is 14.7. The van der Waals surface area contributed by atoms with E-state index in [0.717, 1.165) is 17.0 Å². The van der Waals surface area contributed by atoms with Crippen molar-refractivity contribution in [3.05, 3.63) is 57.5 Å². The molecule has 1 aromatic heterocycles. The molecule has 0 atom stereocenters. The first-order valence-corrected chi connectivity index (χ1v) is 6.15. The van der Waals surface area contributed by atoms with Crippen molar-refractivity contribution in [3.63, 3.8) is 0 Å². The smallest absolute Gasteiger partial charge is 0.275 e. The maximum absolute atomic E-state index is 10.8. The number of aliphatic hydroxyl groups is 1. The standard InChI is InChI=1S/C14H16N2O4/c1-10-11(5-6-20-10)8-15(2)13-3-4-14(16(18)19)12(7-13)9-17/h3-7,17H,8-9H2,1-2H3. The Labute approximate surface area is 116 Å². The Morgan fingerprint density at radius 1 is 1.35 bits per heavy atom. The van der Waals surface area contributed by atoms with Crippen molar-refractivity contribution in [2.45, 2.75) is 20.1 Å². The molecule has 0 radical (unpaired) electrons. The van der Waals surface area contributed by atoms with Crippen molar-refractivity contribution < 1.29 is 14.4 Å². The summed E-state index contributed by atoms with van der Waals surface area (Å²) in [4.78, 5) is 12.3. The average Bonchev–Trinajstić information content (AvgIpc) is 2.83. The Balaban J connectivity index is 2.24. The van der Waals surface area contributed by atoms with Gasteiger partial charge in [0.25, 0.3) is 5.69 Å². The van der Waals surface area contributed by atoms with Crippen molar-refractivity contribution in [3.8, 4) is 0 Å². The third kappa shape index (κ3) is 2.80. The summed E-state index contributed by atoms with van der Waals surface area (Å²) in [7, 11) is 1.88. The van der Waals surface area contributed by atoms with E-state index in [0.29, 0.717) is 12.1 Å². The third-order valence-corrected chi connectivity index (χ3v) is 3.24. The highest BCUT2D eigenvalue weighted by Gasteiger charge is 2.15. The molecule has 1 N–H and O–H groups in total. The minimum atomic E-state index is -0.491. The van der Waals surface area contributed by atoms with Crippen LogP contribution in [0, 0.1) is 17.0 Å². The van der Waals surface area contributed by atoms with Crippen LogP contribution in [0.2, 0.25) is 0 Å². The minimum absolute atomic E-state index is 0.0656. The van der Waals surface area contributed by atoms with E-state index in [2.05, 4.69) is 0 Å². The second kappa shape index (κ2) is 5.75. The van der Waals surface area contributed by atoms with Crippen LogP contribution in [-0.4, -0.2) is 17.1 Å². The van der Waals surface area contributed by atoms with Gasteiger partial charge in [0.05, 0.1) is 23.4 Å². The summed E-state index contributed by atoms with van der Waals surface area (Å²) in [5, 5.41) is 20.1. The van der Waals surface area contributed by atoms with Gasteiger partial charge in [-0.15, -0.1) is 0 Å². The molecule has 6 nitrogen and oxygen atoms in total. The van der Waals surface area contributed by atoms with Gasteiger partial charge >= 0.3 is 0 Å². The number of hydrogen-bond donors (Lipinski definition) is 1. The lowest BCUT2D eigenvalue weighted by molar-refractivity contribution is -0.385. The number of aliphatic hydroxyl groups excluding tert-OH is 1. The molecule has 0 unspecified atom stereocenters. The number of nitro benzene ring substituents is 1. The van der Waals surface area contributed by atoms with Gasteiger partial charge in [0.15, 0.2) is 0 Å². The number of hydrogen-bond acceptors (Lipinski definition) is 5. The van der Waals surface area contributed by atoms with Crippen molar-refractivity contribution in [1.29, 1.82) is 0 Å². The topological polar surface area (TPSA) is 79.8 Å². The van der Waals surface area contributed by atoms with E-state index in [9.17, 15) is 15.2 Å². The van der Waals surface area contributed by atoms with E-state index >= 15 is 0 Å². The van der Waals surface area contributed by atoms with E-state index < -0.39 is 4.92 Å². The molecular formula is C14H16N2O4. The largest absolute Gasteiger partial charge is 0.469 e. The zero-order valence-electron chi connectivity index (χ0n) is 11.4. The lowest BCUT2D eigenvalue weighted by Gasteiger charge is -2.19. The molecule has 1 heterocycles. The van der Waals surface area contributed by atoms with E-state index in [1.165, 1.54) is 6.07 Å². The van der Waals surface area contributed by atoms with Gasteiger partial charge in [0, 0.05) is 30.9 Å². The highest BCUT2D eigenvalue weighted by atomic mass is 16.6. The lowest BCUT2D eigenvalue weighted by atomic mass is 10.1. The molecule has 0 aliphatic carbocycles. The Morgan fingerprint density at radius 3 is 2.65 bits per heavy atom. The van der Waals surface area contributed by atoms with Crippen LogP contribution in [0.15, 0.2) is 34.9 Å². The van der Waals surface area contributed by atoms with E-state index in [1.807, 2.05) is 24.9 Å². The predicted molar refractivity (Wildman–Crippen MR) is 74.6 cm³/mol. The first-order valence-electron chi connectivity index (χ1n) is 6.15. The van der Waals surface area contributed by atoms with Crippen LogP contribution in [0.3, 0.4) is 0 Å². The molecule has 2 rings (SSSR count). The molecule has 0 spiro atoms. The van der Waals surface area contributed by atoms with Gasteiger partial charge in [-0.25, -0.2) is 0 Å². The second-order valence-corrected chi connectivity index (χ2v) is 4.59. The summed E-state index contributed by atoms with van der Waals surface area (Å²) < 4.78 is 5.24. The Morgan fingerprint density at radius 2 is 2.10 bits per heavy atom. The maximum atomic E-state index is 10.8. The van der Waals surface area contributed by atoms with Crippen LogP contribution in [0.5, 0.6) is 0 Å². The third-order valence-electron chi connectivity index (χ3n) is 3.24. The number of aryl methyl sites for hydroxylation is 1. The van der Waals surface area contributed by atoms with Crippen molar-refractivity contribution >= 4 is 11.4 Å². The summed E-state index contributed by atoms with van der Waals surface area (Å²) in [6, 6.07) is 6.62. The number of rotatable bonds is 5. The summed E-state index contributed by atoms with van der Waals surface area (Å²) in [5.41, 5.74) is 2.10. The van der Waals surface area contributed by atoms with Gasteiger partial charge in [-0.3, -0.25) is 10.1 Å². The van der Waals surface area contributed by atoms with Gasteiger partial charge in [-0.05, 0) is 25.1 Å². The van der Waals surface area contributed by atoms with Crippen LogP contribution >= 0.6 is 0 Å². The Hall–Kier alpha value is -2.34. The molecular weight excluding hydrogens is 260 g/mol. The molecule has 6 heteroatoms. The van der Waals surface area contributed by atoms with Gasteiger partial charge in [0.1, 0.15) is 5.76 Å². The molecule has 0 amide bonds. The summed E-state index contributed by atoms with van der Waals surface area (Å²) in [5.74, 6) is 0.848. The van der Waals surface area contributed by atoms with Gasteiger partial charge in [0.2, 0.25) is 0 Å². The fraction of sp³-hybridized carbons (Fsp3) is 0.286. The van der Waals surface area contributed by atoms with Gasteiger partial charge in [-0.1, -0.05) is 0 Å². The Kier molecular flexibility index (Phi) is 4.05. The van der Waals surface area contributed by atoms with Crippen LogP contribution in [0.25, 0.3) is 0 Å². The minimum Gasteiger partial charge on any atom is -0.469 e. The molecule has 1 aromatic carbocycles. The fourth-order valence-electron chi connectivity index (χ4n) is 2.04. The number of nitro groups is 1. The summed E-state index contributed by atoms with van der Waals surface area (Å²) in [6.45, 7) is 2.16. The fourth-order valence-corrected chi connectivity index (χ4v) is 2.04. The second-order valence-electron chi connectivity index (χ2n) is 4.59. The normalized spacial score (nSPS) is 10.6. The van der Waals surface area contributed by atoms with E-state index in [4.69, 9.17) is 4.42 Å². The highest BCUT2D eigenvalue weighted by molar-refractivity contribution is 5.55. The lowest BCUT2D eigenvalue weighted by Crippen LogP contribution is -2.16. The van der Waals surface area contributed by atoms with Crippen molar-refractivity contribution in [1.82, 2.24) is 0 Å². The van der Waals surface area contributed by atoms with Crippen molar-refractivity contribution in [2.75, 3.05) is 11.9 Å². The SMILES string of the molecule is Cc1occc1CN(C)c1ccc([N+](=O)[O-])c(CO)c1. The molecule has 0 saturated heterocycles. The highest BCUT2D eigenvalue weighted by Crippen LogP contribution is 2.25. The molecule has 2 aromatic rings. The quantitative estimate of drug-likeness (QED) is 0.670. The number of furan rings is 1. The van der Waals surface area contributed by atoms with Gasteiger partial charge < -0.3 is 14.4 Å². The molecule has 106 valence electrons. The monoisotopic (exact) mass is 276 g/mol. The number of benzene rings is 1. The predicted octanol–water partition coefficient (Wildman–Crippen LogP) is 2.62. The molecule has 0 fully saturated rings. The van der Waals surface area contributed by atoms with Crippen LogP contribution < -0.4 is 4.90 Å². The molecule has 0 bridgehead atoms. The average molecular weight is 276 g/mol. The first kappa shape index (κ1) is 14.1.